The van der Waals surface area contributed by atoms with Crippen LogP contribution in [0.1, 0.15) is 66.7 Å². The lowest BCUT2D eigenvalue weighted by Gasteiger charge is -2.32. The molecule has 3 N–H and O–H groups in total. The molecule has 0 aromatic carbocycles. The normalized spacial score (nSPS) is 16.9. The van der Waals surface area contributed by atoms with Gasteiger partial charge in [0.15, 0.2) is 0 Å². The van der Waals surface area contributed by atoms with Gasteiger partial charge in [-0.15, -0.1) is 0 Å². The molecule has 0 heterocycles. The van der Waals surface area contributed by atoms with Gasteiger partial charge in [-0.2, -0.15) is 0 Å². The highest BCUT2D eigenvalue weighted by Gasteiger charge is 2.26. The van der Waals surface area contributed by atoms with Crippen molar-refractivity contribution in [3.63, 3.8) is 0 Å². The minimum Gasteiger partial charge on any atom is -0.379 e. The van der Waals surface area contributed by atoms with E-state index in [1.165, 1.54) is 36.0 Å². The number of carbonyl (C=O) groups is 1. The maximum atomic E-state index is 12.1. The second kappa shape index (κ2) is 19.2. The van der Waals surface area contributed by atoms with E-state index in [0.29, 0.717) is 52.7 Å². The molecule has 0 spiro atoms. The molecule has 1 amide bonds. The Morgan fingerprint density at radius 3 is 2.25 bits per heavy atom. The van der Waals surface area contributed by atoms with Crippen molar-refractivity contribution in [1.29, 1.82) is 0 Å². The van der Waals surface area contributed by atoms with Crippen LogP contribution in [0.3, 0.4) is 0 Å². The highest BCUT2D eigenvalue weighted by atomic mass is 16.5. The maximum absolute atomic E-state index is 12.1. The van der Waals surface area contributed by atoms with Crippen molar-refractivity contribution >= 4 is 5.91 Å². The summed E-state index contributed by atoms with van der Waals surface area (Å²) >= 11 is 0. The Balaban J connectivity index is 2.20. The third-order valence-electron chi connectivity index (χ3n) is 6.13. The number of carbonyl (C=O) groups excluding carboxylic acids is 1. The van der Waals surface area contributed by atoms with E-state index in [9.17, 15) is 4.79 Å². The summed E-state index contributed by atoms with van der Waals surface area (Å²) in [7, 11) is 0. The molecular formula is C30H50N2O4. The van der Waals surface area contributed by atoms with Gasteiger partial charge in [0.2, 0.25) is 5.91 Å². The van der Waals surface area contributed by atoms with Crippen molar-refractivity contribution in [3.8, 4) is 0 Å². The highest BCUT2D eigenvalue weighted by Crippen LogP contribution is 2.40. The number of rotatable bonds is 18. The molecule has 6 heteroatoms. The minimum atomic E-state index is -0.0855. The molecule has 1 rings (SSSR count). The van der Waals surface area contributed by atoms with Crippen molar-refractivity contribution in [3.05, 3.63) is 58.7 Å². The van der Waals surface area contributed by atoms with Crippen molar-refractivity contribution in [1.82, 2.24) is 5.32 Å². The van der Waals surface area contributed by atoms with Crippen LogP contribution in [0.25, 0.3) is 0 Å². The van der Waals surface area contributed by atoms with Crippen LogP contribution < -0.4 is 11.1 Å². The van der Waals surface area contributed by atoms with Crippen LogP contribution in [-0.4, -0.2) is 58.6 Å². The van der Waals surface area contributed by atoms with E-state index in [2.05, 4.69) is 51.2 Å². The molecule has 0 aromatic heterocycles. The third kappa shape index (κ3) is 15.2. The smallest absolute Gasteiger partial charge is 0.244 e. The molecule has 0 bridgehead atoms. The van der Waals surface area contributed by atoms with E-state index in [-0.39, 0.29) is 11.3 Å². The number of nitrogens with one attached hydrogen (secondary N) is 1. The van der Waals surface area contributed by atoms with Gasteiger partial charge in [0.1, 0.15) is 0 Å². The SMILES string of the molecule is CC1=C(/C=C/C(C)=C/C=C/C(C)=C/C(=O)NCCCOCCOCCOCCCN)C(C)(C)CCC1. The summed E-state index contributed by atoms with van der Waals surface area (Å²) in [5.74, 6) is -0.0855. The second-order valence-electron chi connectivity index (χ2n) is 10.0. The van der Waals surface area contributed by atoms with Crippen molar-refractivity contribution in [2.45, 2.75) is 66.7 Å². The number of allylic oxidation sites excluding steroid dienone is 9. The lowest BCUT2D eigenvalue weighted by molar-refractivity contribution is -0.116. The predicted molar refractivity (Wildman–Crippen MR) is 150 cm³/mol. The Kier molecular flexibility index (Phi) is 17.1. The van der Waals surface area contributed by atoms with Crippen LogP contribution in [0, 0.1) is 5.41 Å². The molecule has 6 nitrogen and oxygen atoms in total. The highest BCUT2D eigenvalue weighted by molar-refractivity contribution is 5.88. The number of hydrogen-bond acceptors (Lipinski definition) is 5. The summed E-state index contributed by atoms with van der Waals surface area (Å²) in [4.78, 5) is 12.1. The Labute approximate surface area is 219 Å². The summed E-state index contributed by atoms with van der Waals surface area (Å²) < 4.78 is 16.3. The van der Waals surface area contributed by atoms with Gasteiger partial charge in [0, 0.05) is 25.8 Å². The summed E-state index contributed by atoms with van der Waals surface area (Å²) in [6.45, 7) is 15.7. The molecule has 0 atom stereocenters. The summed E-state index contributed by atoms with van der Waals surface area (Å²) in [5.41, 5.74) is 10.7. The molecule has 0 saturated carbocycles. The van der Waals surface area contributed by atoms with E-state index < -0.39 is 0 Å². The number of hydrogen-bond donors (Lipinski definition) is 2. The second-order valence-corrected chi connectivity index (χ2v) is 10.0. The Morgan fingerprint density at radius 2 is 1.61 bits per heavy atom. The zero-order chi connectivity index (χ0) is 26.7. The first-order valence-corrected chi connectivity index (χ1v) is 13.4. The van der Waals surface area contributed by atoms with Crippen molar-refractivity contribution in [2.24, 2.45) is 11.1 Å². The van der Waals surface area contributed by atoms with Crippen LogP contribution >= 0.6 is 0 Å². The van der Waals surface area contributed by atoms with Crippen LogP contribution in [-0.2, 0) is 19.0 Å². The molecule has 0 aliphatic heterocycles. The topological polar surface area (TPSA) is 82.8 Å². The van der Waals surface area contributed by atoms with Crippen LogP contribution in [0.4, 0.5) is 0 Å². The summed E-state index contributed by atoms with van der Waals surface area (Å²) in [6, 6.07) is 0. The van der Waals surface area contributed by atoms with Crippen LogP contribution in [0.15, 0.2) is 58.7 Å². The summed E-state index contributed by atoms with van der Waals surface area (Å²) in [6.07, 6.45) is 17.5. The average Bonchev–Trinajstić information content (AvgIpc) is 2.81. The van der Waals surface area contributed by atoms with Crippen molar-refractivity contribution in [2.75, 3.05) is 52.7 Å². The lowest BCUT2D eigenvalue weighted by Crippen LogP contribution is -2.23. The van der Waals surface area contributed by atoms with E-state index in [1.807, 2.05) is 19.1 Å². The monoisotopic (exact) mass is 502 g/mol. The predicted octanol–water partition coefficient (Wildman–Crippen LogP) is 5.42. The van der Waals surface area contributed by atoms with Crippen LogP contribution in [0.2, 0.25) is 0 Å². The van der Waals surface area contributed by atoms with Gasteiger partial charge in [0.25, 0.3) is 0 Å². The Morgan fingerprint density at radius 1 is 0.972 bits per heavy atom. The molecule has 1 aliphatic rings. The molecule has 0 fully saturated rings. The van der Waals surface area contributed by atoms with E-state index >= 15 is 0 Å². The fourth-order valence-corrected chi connectivity index (χ4v) is 4.05. The quantitative estimate of drug-likeness (QED) is 0.148. The van der Waals surface area contributed by atoms with Gasteiger partial charge in [-0.25, -0.2) is 0 Å². The van der Waals surface area contributed by atoms with E-state index in [4.69, 9.17) is 19.9 Å². The fourth-order valence-electron chi connectivity index (χ4n) is 4.05. The first-order chi connectivity index (χ1) is 17.3. The first kappa shape index (κ1) is 32.0. The molecule has 0 radical (unpaired) electrons. The number of nitrogens with two attached hydrogens (primary N) is 1. The molecular weight excluding hydrogens is 452 g/mol. The van der Waals surface area contributed by atoms with E-state index in [1.54, 1.807) is 6.08 Å². The van der Waals surface area contributed by atoms with Gasteiger partial charge in [-0.05, 0) is 76.0 Å². The zero-order valence-corrected chi connectivity index (χ0v) is 23.4. The lowest BCUT2D eigenvalue weighted by atomic mass is 9.72. The first-order valence-electron chi connectivity index (χ1n) is 13.4. The molecule has 36 heavy (non-hydrogen) atoms. The van der Waals surface area contributed by atoms with Gasteiger partial charge in [-0.1, -0.05) is 55.4 Å². The Bertz CT molecular complexity index is 791. The zero-order valence-electron chi connectivity index (χ0n) is 23.4. The van der Waals surface area contributed by atoms with Crippen LogP contribution in [0.5, 0.6) is 0 Å². The average molecular weight is 503 g/mol. The van der Waals surface area contributed by atoms with Gasteiger partial charge < -0.3 is 25.3 Å². The molecule has 0 unspecified atom stereocenters. The van der Waals surface area contributed by atoms with Gasteiger partial charge in [0.05, 0.1) is 26.4 Å². The summed E-state index contributed by atoms with van der Waals surface area (Å²) in [5, 5.41) is 2.90. The van der Waals surface area contributed by atoms with Gasteiger partial charge >= 0.3 is 0 Å². The largest absolute Gasteiger partial charge is 0.379 e. The molecule has 1 aliphatic carbocycles. The standard InChI is InChI=1S/C30H50N2O4/c1-25(13-14-28-27(3)12-7-15-30(28,4)5)10-6-11-26(2)24-29(33)32-17-9-19-35-21-23-36-22-20-34-18-8-16-31/h6,10-11,13-14,24H,7-9,12,15-23,31H2,1-5H3,(H,32,33)/b11-6+,14-13+,25-10+,26-24+. The van der Waals surface area contributed by atoms with Crippen molar-refractivity contribution < 1.29 is 19.0 Å². The molecule has 0 saturated heterocycles. The minimum absolute atomic E-state index is 0.0855. The molecule has 0 aromatic rings. The maximum Gasteiger partial charge on any atom is 0.244 e. The number of amides is 1. The van der Waals surface area contributed by atoms with Gasteiger partial charge in [-0.3, -0.25) is 4.79 Å². The number of ether oxygens (including phenoxy) is 3. The third-order valence-corrected chi connectivity index (χ3v) is 6.13. The van der Waals surface area contributed by atoms with E-state index in [0.717, 1.165) is 18.4 Å². The molecule has 204 valence electrons. The fraction of sp³-hybridized carbons (Fsp3) is 0.633. The Hall–Kier alpha value is -1.99.